The molecule has 0 radical (unpaired) electrons. The minimum Gasteiger partial charge on any atom is -0.456 e. The molecule has 6 aromatic carbocycles. The van der Waals surface area contributed by atoms with Crippen LogP contribution in [0.25, 0.3) is 33.4 Å². The van der Waals surface area contributed by atoms with Crippen LogP contribution in [0, 0.1) is 27.6 Å². The molecule has 0 aromatic heterocycles. The number of benzene rings is 6. The highest BCUT2D eigenvalue weighted by atomic mass is 32.2. The Balaban J connectivity index is 1.37. The number of para-hydroxylation sites is 2. The molecule has 1 unspecified atom stereocenters. The summed E-state index contributed by atoms with van der Waals surface area (Å²) in [5.41, 5.74) is 8.78. The van der Waals surface area contributed by atoms with E-state index in [1.165, 1.54) is 20.2 Å². The fourth-order valence-corrected chi connectivity index (χ4v) is 10.4. The van der Waals surface area contributed by atoms with Crippen LogP contribution in [0.15, 0.2) is 124 Å². The molecule has 2 heterocycles. The lowest BCUT2D eigenvalue weighted by atomic mass is 9.74. The summed E-state index contributed by atoms with van der Waals surface area (Å²) in [6, 6.07) is 35.9. The van der Waals surface area contributed by atoms with Gasteiger partial charge in [0.25, 0.3) is 0 Å². The Hall–Kier alpha value is -4.18. The summed E-state index contributed by atoms with van der Waals surface area (Å²) < 4.78 is 59.8. The van der Waals surface area contributed by atoms with E-state index in [0.29, 0.717) is 39.3 Å². The number of aryl methyl sites for hydroxylation is 2. The van der Waals surface area contributed by atoms with Crippen molar-refractivity contribution in [2.45, 2.75) is 80.1 Å². The summed E-state index contributed by atoms with van der Waals surface area (Å²) in [6.07, 6.45) is 0. The largest absolute Gasteiger partial charge is 0.456 e. The van der Waals surface area contributed by atoms with Crippen LogP contribution in [0.1, 0.15) is 74.8 Å². The van der Waals surface area contributed by atoms with E-state index in [1.54, 1.807) is 36.9 Å². The Morgan fingerprint density at radius 2 is 1.18 bits per heavy atom. The Morgan fingerprint density at radius 1 is 0.571 bits per heavy atom. The number of rotatable bonds is 3. The number of hydrogen-bond acceptors (Lipinski definition) is 3. The number of ether oxygens (including phenoxy) is 1. The van der Waals surface area contributed by atoms with Crippen LogP contribution in [0.2, 0.25) is 0 Å². The summed E-state index contributed by atoms with van der Waals surface area (Å²) >= 11 is 3.68. The maximum absolute atomic E-state index is 9.07. The van der Waals surface area contributed by atoms with Crippen molar-refractivity contribution >= 4 is 23.5 Å². The molecule has 8 rings (SSSR count). The van der Waals surface area contributed by atoms with Crippen LogP contribution < -0.4 is 4.74 Å². The topological polar surface area (TPSA) is 9.23 Å². The first-order valence-electron chi connectivity index (χ1n) is 19.7. The quantitative estimate of drug-likeness (QED) is 0.184. The highest BCUT2D eigenvalue weighted by Gasteiger charge is 2.36. The van der Waals surface area contributed by atoms with Gasteiger partial charge >= 0.3 is 0 Å². The van der Waals surface area contributed by atoms with Gasteiger partial charge in [0.05, 0.1) is 0 Å². The Labute approximate surface area is 308 Å². The van der Waals surface area contributed by atoms with Gasteiger partial charge in [-0.15, -0.1) is 11.8 Å². The molecule has 0 amide bonds. The van der Waals surface area contributed by atoms with Gasteiger partial charge in [-0.3, -0.25) is 0 Å². The molecule has 244 valence electrons. The molecule has 0 bridgehead atoms. The monoisotopic (exact) mass is 680 g/mol. The third-order valence-electron chi connectivity index (χ3n) is 10.2. The van der Waals surface area contributed by atoms with Crippen LogP contribution in [-0.2, 0) is 10.2 Å². The van der Waals surface area contributed by atoms with E-state index >= 15 is 0 Å². The SMILES string of the molecule is [2H]C([2H])([2H])c1c(-c2ccc(C)c(-c3cccc4c3Sc3ccccc3SC4(C)C)c2C)ccc(C)c1-c1cccc2c1Oc1ccccc1C2(C)C([2H])([2H])[2H]. The van der Waals surface area contributed by atoms with Gasteiger partial charge < -0.3 is 4.74 Å². The van der Waals surface area contributed by atoms with Gasteiger partial charge in [0.2, 0.25) is 0 Å². The predicted molar refractivity (Wildman–Crippen MR) is 210 cm³/mol. The van der Waals surface area contributed by atoms with E-state index in [9.17, 15) is 0 Å². The second-order valence-corrected chi connectivity index (χ2v) is 16.6. The molecule has 1 atom stereocenters. The van der Waals surface area contributed by atoms with Gasteiger partial charge in [-0.2, -0.15) is 0 Å². The average Bonchev–Trinajstić information content (AvgIpc) is 3.24. The third kappa shape index (κ3) is 5.08. The molecule has 0 saturated heterocycles. The summed E-state index contributed by atoms with van der Waals surface area (Å²) in [4.78, 5) is 3.68. The zero-order valence-corrected chi connectivity index (χ0v) is 30.3. The van der Waals surface area contributed by atoms with Gasteiger partial charge in [0.1, 0.15) is 11.5 Å². The van der Waals surface area contributed by atoms with E-state index in [1.807, 2.05) is 61.2 Å². The van der Waals surface area contributed by atoms with Crippen molar-refractivity contribution in [3.8, 4) is 44.9 Å². The van der Waals surface area contributed by atoms with Crippen LogP contribution in [0.4, 0.5) is 0 Å². The molecule has 0 saturated carbocycles. The van der Waals surface area contributed by atoms with Crippen LogP contribution in [0.5, 0.6) is 11.5 Å². The van der Waals surface area contributed by atoms with E-state index in [0.717, 1.165) is 33.4 Å². The molecule has 2 aliphatic rings. The van der Waals surface area contributed by atoms with Crippen molar-refractivity contribution in [1.29, 1.82) is 0 Å². The zero-order chi connectivity index (χ0) is 39.2. The molecule has 0 aliphatic carbocycles. The predicted octanol–water partition coefficient (Wildman–Crippen LogP) is 13.8. The molecule has 1 nitrogen and oxygen atoms in total. The fraction of sp³-hybridized carbons (Fsp3) is 0.217. The minimum atomic E-state index is -2.53. The van der Waals surface area contributed by atoms with Crippen molar-refractivity contribution in [2.24, 2.45) is 0 Å². The van der Waals surface area contributed by atoms with Gasteiger partial charge in [0.15, 0.2) is 0 Å². The maximum Gasteiger partial charge on any atom is 0.139 e. The average molecular weight is 681 g/mol. The van der Waals surface area contributed by atoms with E-state index in [-0.39, 0.29) is 10.3 Å². The summed E-state index contributed by atoms with van der Waals surface area (Å²) in [6.45, 7) is 7.48. The molecule has 3 heteroatoms. The van der Waals surface area contributed by atoms with Gasteiger partial charge in [-0.05, 0) is 115 Å². The van der Waals surface area contributed by atoms with Crippen LogP contribution in [-0.4, -0.2) is 0 Å². The Bertz CT molecular complexity index is 2530. The maximum atomic E-state index is 9.07. The molecular formula is C46H42OS2. The lowest BCUT2D eigenvalue weighted by Gasteiger charge is -2.35. The van der Waals surface area contributed by atoms with E-state index in [4.69, 9.17) is 13.0 Å². The summed E-state index contributed by atoms with van der Waals surface area (Å²) in [5.74, 6) is 0.824. The minimum absolute atomic E-state index is 0.183. The molecule has 49 heavy (non-hydrogen) atoms. The number of fused-ring (bicyclic) bond motifs is 4. The summed E-state index contributed by atoms with van der Waals surface area (Å²) in [7, 11) is 0. The van der Waals surface area contributed by atoms with Gasteiger partial charge in [-0.25, -0.2) is 0 Å². The molecule has 6 aromatic rings. The number of thioether (sulfide) groups is 1. The lowest BCUT2D eigenvalue weighted by molar-refractivity contribution is 0.419. The summed E-state index contributed by atoms with van der Waals surface area (Å²) in [5, 5.41) is 0. The highest BCUT2D eigenvalue weighted by molar-refractivity contribution is 8.03. The van der Waals surface area contributed by atoms with Crippen LogP contribution in [0.3, 0.4) is 0 Å². The number of hydrogen-bond donors (Lipinski definition) is 0. The first-order chi connectivity index (χ1) is 25.9. The zero-order valence-electron chi connectivity index (χ0n) is 34.6. The van der Waals surface area contributed by atoms with Crippen molar-refractivity contribution in [1.82, 2.24) is 0 Å². The Kier molecular flexibility index (Phi) is 6.15. The normalized spacial score (nSPS) is 19.6. The van der Waals surface area contributed by atoms with E-state index in [2.05, 4.69) is 76.2 Å². The fourth-order valence-electron chi connectivity index (χ4n) is 7.67. The van der Waals surface area contributed by atoms with Crippen molar-refractivity contribution in [3.63, 3.8) is 0 Å². The molecule has 0 N–H and O–H groups in total. The third-order valence-corrected chi connectivity index (χ3v) is 12.9. The molecule has 2 aliphatic heterocycles. The van der Waals surface area contributed by atoms with Crippen molar-refractivity contribution in [2.75, 3.05) is 0 Å². The Morgan fingerprint density at radius 3 is 1.92 bits per heavy atom. The van der Waals surface area contributed by atoms with Gasteiger partial charge in [-0.1, -0.05) is 117 Å². The second-order valence-electron chi connectivity index (χ2n) is 13.9. The van der Waals surface area contributed by atoms with Crippen molar-refractivity contribution < 1.29 is 13.0 Å². The highest BCUT2D eigenvalue weighted by Crippen LogP contribution is 2.56. The lowest BCUT2D eigenvalue weighted by Crippen LogP contribution is -2.24. The smallest absolute Gasteiger partial charge is 0.139 e. The van der Waals surface area contributed by atoms with E-state index < -0.39 is 19.1 Å². The first kappa shape index (κ1) is 25.7. The van der Waals surface area contributed by atoms with Crippen molar-refractivity contribution in [3.05, 3.63) is 148 Å². The molecular weight excluding hydrogens is 633 g/mol. The molecule has 0 spiro atoms. The first-order valence-corrected chi connectivity index (χ1v) is 18.3. The standard InChI is InChI=1S/C46H42OS2/c1-27-23-25-31(29(3)41(27)33-15-13-18-36-43(33)47-38-20-10-9-17-35(38)45(36,5)6)32-26-24-28(2)42(30(32)4)34-16-14-19-37-44(34)48-39-21-11-12-22-40(39)49-46(37,7)8/h9-26H,1-8H3/i3D3,5D3. The van der Waals surface area contributed by atoms with Crippen LogP contribution >= 0.6 is 23.5 Å². The van der Waals surface area contributed by atoms with Gasteiger partial charge in [0, 0.05) is 49.8 Å². The second kappa shape index (κ2) is 11.7. The molecule has 0 fully saturated rings.